The highest BCUT2D eigenvalue weighted by Crippen LogP contribution is 2.37. The van der Waals surface area contributed by atoms with E-state index in [0.717, 1.165) is 6.26 Å². The highest BCUT2D eigenvalue weighted by atomic mass is 32.2. The Hall–Kier alpha value is -4.27. The molecule has 0 aliphatic rings. The maximum Gasteiger partial charge on any atom is 0.255 e. The van der Waals surface area contributed by atoms with Crippen LogP contribution < -0.4 is 5.32 Å². The van der Waals surface area contributed by atoms with Crippen LogP contribution in [0, 0.1) is 0 Å². The van der Waals surface area contributed by atoms with Gasteiger partial charge in [-0.15, -0.1) is 0 Å². The number of aromatic nitrogens is 2. The first-order valence-electron chi connectivity index (χ1n) is 12.2. The molecule has 5 aromatic rings. The highest BCUT2D eigenvalue weighted by molar-refractivity contribution is 7.90. The smallest absolute Gasteiger partial charge is 0.255 e. The molecule has 0 saturated heterocycles. The molecule has 0 aliphatic heterocycles. The molecule has 0 atom stereocenters. The number of sulfone groups is 1. The summed E-state index contributed by atoms with van der Waals surface area (Å²) in [5.74, 6) is 0.0650. The predicted molar refractivity (Wildman–Crippen MR) is 148 cm³/mol. The first-order valence-corrected chi connectivity index (χ1v) is 14.1. The fourth-order valence-electron chi connectivity index (χ4n) is 4.65. The van der Waals surface area contributed by atoms with E-state index >= 15 is 0 Å². The lowest BCUT2D eigenvalue weighted by Gasteiger charge is -2.29. The number of carbonyl (C=O) groups is 1. The Bertz CT molecular complexity index is 1690. The summed E-state index contributed by atoms with van der Waals surface area (Å²) in [5.41, 5.74) is 1.94. The average Bonchev–Trinajstić information content (AvgIpc) is 3.31. The van der Waals surface area contributed by atoms with Crippen molar-refractivity contribution < 1.29 is 18.3 Å². The van der Waals surface area contributed by atoms with E-state index < -0.39 is 15.4 Å². The number of rotatable bonds is 7. The van der Waals surface area contributed by atoms with Gasteiger partial charge in [0.2, 0.25) is 0 Å². The lowest BCUT2D eigenvalue weighted by Crippen LogP contribution is -2.32. The van der Waals surface area contributed by atoms with Crippen molar-refractivity contribution in [2.45, 2.75) is 24.0 Å². The van der Waals surface area contributed by atoms with Gasteiger partial charge in [-0.25, -0.2) is 13.4 Å². The number of benzene rings is 4. The minimum absolute atomic E-state index is 0.126. The van der Waals surface area contributed by atoms with Gasteiger partial charge in [-0.3, -0.25) is 4.79 Å². The maximum absolute atomic E-state index is 13.1. The molecule has 1 amide bonds. The van der Waals surface area contributed by atoms with Crippen molar-refractivity contribution in [1.29, 1.82) is 0 Å². The van der Waals surface area contributed by atoms with Crippen LogP contribution >= 0.6 is 0 Å². The van der Waals surface area contributed by atoms with Crippen molar-refractivity contribution in [3.63, 3.8) is 0 Å². The summed E-state index contributed by atoms with van der Waals surface area (Å²) >= 11 is 0. The van der Waals surface area contributed by atoms with Crippen LogP contribution in [0.4, 0.5) is 5.69 Å². The molecular weight excluding hydrogens is 498 g/mol. The molecule has 8 heteroatoms. The van der Waals surface area contributed by atoms with Crippen LogP contribution in [0.1, 0.15) is 34.2 Å². The van der Waals surface area contributed by atoms with Gasteiger partial charge in [0, 0.05) is 24.1 Å². The molecule has 2 N–H and O–H groups in total. The third-order valence-electron chi connectivity index (χ3n) is 6.55. The Labute approximate surface area is 221 Å². The van der Waals surface area contributed by atoms with Crippen molar-refractivity contribution in [2.24, 2.45) is 0 Å². The van der Waals surface area contributed by atoms with Gasteiger partial charge >= 0.3 is 0 Å². The number of aliphatic hydroxyl groups is 1. The Kier molecular flexibility index (Phi) is 6.60. The minimum atomic E-state index is -3.41. The van der Waals surface area contributed by atoms with E-state index in [1.165, 1.54) is 12.1 Å². The van der Waals surface area contributed by atoms with E-state index in [1.807, 2.05) is 72.2 Å². The number of fused-ring (bicyclic) bond motifs is 1. The molecule has 0 saturated carbocycles. The Morgan fingerprint density at radius 1 is 0.895 bits per heavy atom. The van der Waals surface area contributed by atoms with Gasteiger partial charge in [0.05, 0.1) is 15.9 Å². The van der Waals surface area contributed by atoms with Gasteiger partial charge in [0.1, 0.15) is 0 Å². The van der Waals surface area contributed by atoms with Gasteiger partial charge in [-0.05, 0) is 54.4 Å². The molecule has 0 aliphatic carbocycles. The number of nitrogens with one attached hydrogen (secondary N) is 1. The van der Waals surface area contributed by atoms with Crippen LogP contribution in [-0.4, -0.2) is 35.2 Å². The third kappa shape index (κ3) is 4.60. The number of nitrogens with zero attached hydrogens (tertiary/aromatic N) is 2. The van der Waals surface area contributed by atoms with Crippen LogP contribution in [-0.2, 0) is 22.0 Å². The lowest BCUT2D eigenvalue weighted by molar-refractivity contribution is 0.102. The SMILES string of the molecule is CCn1c(C(O)(c2ccccc2)c2ccccc2)nc2ccc(C(=O)Nc3cccc(S(C)(=O)=O)c3)cc21. The van der Waals surface area contributed by atoms with Crippen molar-refractivity contribution in [3.8, 4) is 0 Å². The largest absolute Gasteiger partial charge is 0.373 e. The number of anilines is 1. The molecule has 1 aromatic heterocycles. The molecule has 0 spiro atoms. The first kappa shape index (κ1) is 25.4. The van der Waals surface area contributed by atoms with E-state index in [2.05, 4.69) is 5.32 Å². The standard InChI is InChI=1S/C30H27N3O4S/c1-3-33-27-19-21(28(34)31-24-15-10-16-25(20-24)38(2,36)37)17-18-26(27)32-29(33)30(35,22-11-6-4-7-12-22)23-13-8-5-9-14-23/h4-20,35H,3H2,1-2H3,(H,31,34). The van der Waals surface area contributed by atoms with Gasteiger partial charge < -0.3 is 15.0 Å². The number of amides is 1. The van der Waals surface area contributed by atoms with Gasteiger partial charge in [0.15, 0.2) is 21.3 Å². The van der Waals surface area contributed by atoms with Crippen LogP contribution in [0.25, 0.3) is 11.0 Å². The molecular formula is C30H27N3O4S. The maximum atomic E-state index is 13.1. The predicted octanol–water partition coefficient (Wildman–Crippen LogP) is 5.00. The molecule has 0 radical (unpaired) electrons. The number of aryl methyl sites for hydroxylation is 1. The number of hydrogen-bond donors (Lipinski definition) is 2. The summed E-state index contributed by atoms with van der Waals surface area (Å²) in [6.45, 7) is 2.47. The second-order valence-corrected chi connectivity index (χ2v) is 11.1. The average molecular weight is 526 g/mol. The summed E-state index contributed by atoms with van der Waals surface area (Å²) < 4.78 is 25.7. The van der Waals surface area contributed by atoms with Gasteiger partial charge in [0.25, 0.3) is 5.91 Å². The lowest BCUT2D eigenvalue weighted by atomic mass is 9.85. The topological polar surface area (TPSA) is 101 Å². The summed E-state index contributed by atoms with van der Waals surface area (Å²) in [5, 5.41) is 15.1. The van der Waals surface area contributed by atoms with Crippen LogP contribution in [0.5, 0.6) is 0 Å². The quantitative estimate of drug-likeness (QED) is 0.312. The van der Waals surface area contributed by atoms with E-state index in [4.69, 9.17) is 4.98 Å². The minimum Gasteiger partial charge on any atom is -0.373 e. The molecule has 5 rings (SSSR count). The zero-order chi connectivity index (χ0) is 26.9. The van der Waals surface area contributed by atoms with Crippen molar-refractivity contribution in [1.82, 2.24) is 9.55 Å². The van der Waals surface area contributed by atoms with Gasteiger partial charge in [-0.1, -0.05) is 66.7 Å². The normalized spacial score (nSPS) is 12.0. The summed E-state index contributed by atoms with van der Waals surface area (Å²) in [6.07, 6.45) is 1.12. The number of hydrogen-bond acceptors (Lipinski definition) is 5. The second kappa shape index (κ2) is 9.89. The van der Waals surface area contributed by atoms with Crippen molar-refractivity contribution in [3.05, 3.63) is 126 Å². The molecule has 7 nitrogen and oxygen atoms in total. The zero-order valence-electron chi connectivity index (χ0n) is 21.0. The van der Waals surface area contributed by atoms with E-state index in [0.29, 0.717) is 45.8 Å². The van der Waals surface area contributed by atoms with E-state index in [-0.39, 0.29) is 10.8 Å². The molecule has 1 heterocycles. The molecule has 38 heavy (non-hydrogen) atoms. The van der Waals surface area contributed by atoms with Gasteiger partial charge in [-0.2, -0.15) is 0 Å². The molecule has 4 aromatic carbocycles. The van der Waals surface area contributed by atoms with Crippen LogP contribution in [0.15, 0.2) is 108 Å². The van der Waals surface area contributed by atoms with Crippen molar-refractivity contribution in [2.75, 3.05) is 11.6 Å². The summed E-state index contributed by atoms with van der Waals surface area (Å²) in [6, 6.07) is 30.1. The van der Waals surface area contributed by atoms with Crippen molar-refractivity contribution >= 4 is 32.5 Å². The van der Waals surface area contributed by atoms with E-state index in [9.17, 15) is 18.3 Å². The second-order valence-electron chi connectivity index (χ2n) is 9.08. The van der Waals surface area contributed by atoms with E-state index in [1.54, 1.807) is 30.3 Å². The van der Waals surface area contributed by atoms with Crippen LogP contribution in [0.2, 0.25) is 0 Å². The molecule has 0 unspecified atom stereocenters. The Morgan fingerprint density at radius 2 is 1.53 bits per heavy atom. The highest BCUT2D eigenvalue weighted by Gasteiger charge is 2.38. The van der Waals surface area contributed by atoms with Crippen LogP contribution in [0.3, 0.4) is 0 Å². The fourth-order valence-corrected chi connectivity index (χ4v) is 5.32. The Morgan fingerprint density at radius 3 is 2.11 bits per heavy atom. The number of carbonyl (C=O) groups excluding carboxylic acids is 1. The fraction of sp³-hybridized carbons (Fsp3) is 0.133. The first-order chi connectivity index (χ1) is 18.2. The zero-order valence-corrected chi connectivity index (χ0v) is 21.8. The summed E-state index contributed by atoms with van der Waals surface area (Å²) in [7, 11) is -3.41. The summed E-state index contributed by atoms with van der Waals surface area (Å²) in [4.78, 5) is 18.1. The Balaban J connectivity index is 1.59. The monoisotopic (exact) mass is 525 g/mol. The molecule has 192 valence electrons. The molecule has 0 fully saturated rings. The third-order valence-corrected chi connectivity index (χ3v) is 7.66. The number of imidazole rings is 1. The molecule has 0 bridgehead atoms.